The number of likely N-dealkylation sites (tertiary alicyclic amines) is 1. The molecule has 7 nitrogen and oxygen atoms in total. The number of benzene rings is 1. The van der Waals surface area contributed by atoms with Gasteiger partial charge in [-0.1, -0.05) is 0 Å². The van der Waals surface area contributed by atoms with Crippen LogP contribution in [0.15, 0.2) is 33.9 Å². The Bertz CT molecular complexity index is 1020. The molecule has 30 heavy (non-hydrogen) atoms. The maximum Gasteiger partial charge on any atom is 0.353 e. The molecule has 4 rings (SSSR count). The Morgan fingerprint density at radius 1 is 1.03 bits per heavy atom. The summed E-state index contributed by atoms with van der Waals surface area (Å²) in [6, 6.07) is 5.74. The van der Waals surface area contributed by atoms with Gasteiger partial charge in [-0.3, -0.25) is 9.36 Å². The first-order valence-corrected chi connectivity index (χ1v) is 10.8. The highest BCUT2D eigenvalue weighted by Gasteiger charge is 2.25. The number of aromatic nitrogens is 3. The van der Waals surface area contributed by atoms with E-state index in [4.69, 9.17) is 0 Å². The van der Waals surface area contributed by atoms with Gasteiger partial charge in [-0.15, -0.1) is 0 Å². The van der Waals surface area contributed by atoms with Crippen molar-refractivity contribution in [1.29, 1.82) is 0 Å². The predicted octanol–water partition coefficient (Wildman–Crippen LogP) is 1.87. The highest BCUT2D eigenvalue weighted by Crippen LogP contribution is 2.22. The maximum atomic E-state index is 13.1. The van der Waals surface area contributed by atoms with Gasteiger partial charge in [0.1, 0.15) is 11.6 Å². The third-order valence-electron chi connectivity index (χ3n) is 6.20. The molecule has 8 heteroatoms. The standard InChI is InChI=1S/C22H27FN4O3/c23-18-7-5-16(6-8-18)20(28)17-9-14-25(15-10-17)11-3-13-27-21(29)24-19-4-1-2-12-26(19)22(27)30/h5-8,17H,1-4,9-15H2. The average Bonchev–Trinajstić information content (AvgIpc) is 2.76. The molecule has 0 amide bonds. The molecule has 2 aromatic rings. The Hall–Kier alpha value is -2.61. The van der Waals surface area contributed by atoms with Crippen LogP contribution in [0.4, 0.5) is 4.39 Å². The fraction of sp³-hybridized carbons (Fsp3) is 0.545. The van der Waals surface area contributed by atoms with Gasteiger partial charge in [-0.2, -0.15) is 4.98 Å². The Morgan fingerprint density at radius 3 is 2.50 bits per heavy atom. The van der Waals surface area contributed by atoms with Crippen LogP contribution in [0.5, 0.6) is 0 Å². The number of ketones is 1. The number of piperidine rings is 1. The molecule has 0 atom stereocenters. The van der Waals surface area contributed by atoms with E-state index < -0.39 is 5.69 Å². The normalized spacial score (nSPS) is 17.6. The first kappa shape index (κ1) is 20.7. The van der Waals surface area contributed by atoms with E-state index in [0.29, 0.717) is 37.3 Å². The minimum Gasteiger partial charge on any atom is -0.303 e. The fourth-order valence-corrected chi connectivity index (χ4v) is 4.45. The minimum atomic E-state index is -0.447. The number of carbonyl (C=O) groups is 1. The van der Waals surface area contributed by atoms with Crippen molar-refractivity contribution < 1.29 is 9.18 Å². The molecule has 1 saturated heterocycles. The van der Waals surface area contributed by atoms with Crippen molar-refractivity contribution >= 4 is 5.78 Å². The molecule has 1 aromatic carbocycles. The number of Topliss-reactive ketones (excluding diaryl/α,β-unsaturated/α-hetero) is 1. The SMILES string of the molecule is O=C(c1ccc(F)cc1)C1CCN(CCCn2c(=O)nc3n(c2=O)CCCC3)CC1. The van der Waals surface area contributed by atoms with Gasteiger partial charge in [0.15, 0.2) is 5.78 Å². The topological polar surface area (TPSA) is 77.2 Å². The molecule has 0 radical (unpaired) electrons. The van der Waals surface area contributed by atoms with E-state index in [1.54, 1.807) is 16.7 Å². The zero-order chi connectivity index (χ0) is 21.1. The van der Waals surface area contributed by atoms with Crippen LogP contribution in [0.1, 0.15) is 48.3 Å². The minimum absolute atomic E-state index is 0.0381. The lowest BCUT2D eigenvalue weighted by Crippen LogP contribution is -2.45. The maximum absolute atomic E-state index is 13.1. The summed E-state index contributed by atoms with van der Waals surface area (Å²) in [4.78, 5) is 43.8. The summed E-state index contributed by atoms with van der Waals surface area (Å²) in [5.41, 5.74) is -0.125. The molecule has 0 spiro atoms. The van der Waals surface area contributed by atoms with Crippen molar-refractivity contribution in [2.75, 3.05) is 19.6 Å². The molecule has 0 unspecified atom stereocenters. The summed E-state index contributed by atoms with van der Waals surface area (Å²) >= 11 is 0. The summed E-state index contributed by atoms with van der Waals surface area (Å²) in [5.74, 6) is 0.313. The number of nitrogens with zero attached hydrogens (tertiary/aromatic N) is 4. The van der Waals surface area contributed by atoms with Crippen molar-refractivity contribution in [2.24, 2.45) is 5.92 Å². The quantitative estimate of drug-likeness (QED) is 0.675. The van der Waals surface area contributed by atoms with Gasteiger partial charge in [-0.05, 0) is 76.0 Å². The van der Waals surface area contributed by atoms with Gasteiger partial charge in [0.25, 0.3) is 0 Å². The van der Waals surface area contributed by atoms with Crippen LogP contribution in [0.3, 0.4) is 0 Å². The van der Waals surface area contributed by atoms with E-state index in [0.717, 1.165) is 45.3 Å². The summed E-state index contributed by atoms with van der Waals surface area (Å²) in [5, 5.41) is 0. The Morgan fingerprint density at radius 2 is 1.77 bits per heavy atom. The van der Waals surface area contributed by atoms with Crippen LogP contribution in [0.25, 0.3) is 0 Å². The van der Waals surface area contributed by atoms with E-state index in [9.17, 15) is 18.8 Å². The first-order chi connectivity index (χ1) is 14.5. The van der Waals surface area contributed by atoms with Gasteiger partial charge in [0.2, 0.25) is 0 Å². The first-order valence-electron chi connectivity index (χ1n) is 10.8. The number of hydrogen-bond acceptors (Lipinski definition) is 5. The Kier molecular flexibility index (Phi) is 6.22. The van der Waals surface area contributed by atoms with Crippen molar-refractivity contribution in [3.63, 3.8) is 0 Å². The second-order valence-electron chi connectivity index (χ2n) is 8.19. The molecule has 0 aliphatic carbocycles. The van der Waals surface area contributed by atoms with Gasteiger partial charge in [0, 0.05) is 31.0 Å². The third-order valence-corrected chi connectivity index (χ3v) is 6.20. The van der Waals surface area contributed by atoms with Crippen LogP contribution in [-0.2, 0) is 19.5 Å². The smallest absolute Gasteiger partial charge is 0.303 e. The van der Waals surface area contributed by atoms with Gasteiger partial charge >= 0.3 is 11.4 Å². The predicted molar refractivity (Wildman–Crippen MR) is 110 cm³/mol. The van der Waals surface area contributed by atoms with E-state index in [2.05, 4.69) is 9.88 Å². The van der Waals surface area contributed by atoms with E-state index >= 15 is 0 Å². The van der Waals surface area contributed by atoms with E-state index in [-0.39, 0.29) is 23.2 Å². The highest BCUT2D eigenvalue weighted by molar-refractivity contribution is 5.97. The van der Waals surface area contributed by atoms with Crippen molar-refractivity contribution in [2.45, 2.75) is 51.6 Å². The van der Waals surface area contributed by atoms with Crippen LogP contribution in [0.2, 0.25) is 0 Å². The largest absolute Gasteiger partial charge is 0.353 e. The number of aryl methyl sites for hydroxylation is 1. The molecule has 0 saturated carbocycles. The molecule has 0 bridgehead atoms. The Labute approximate surface area is 174 Å². The van der Waals surface area contributed by atoms with Crippen LogP contribution in [0, 0.1) is 11.7 Å². The van der Waals surface area contributed by atoms with Crippen LogP contribution in [-0.4, -0.2) is 44.4 Å². The van der Waals surface area contributed by atoms with Crippen molar-refractivity contribution in [1.82, 2.24) is 19.0 Å². The lowest BCUT2D eigenvalue weighted by atomic mass is 9.89. The molecular weight excluding hydrogens is 387 g/mol. The molecule has 160 valence electrons. The zero-order valence-corrected chi connectivity index (χ0v) is 17.1. The summed E-state index contributed by atoms with van der Waals surface area (Å²) < 4.78 is 15.9. The summed E-state index contributed by atoms with van der Waals surface area (Å²) in [7, 11) is 0. The lowest BCUT2D eigenvalue weighted by molar-refractivity contribution is 0.0838. The number of halogens is 1. The molecular formula is C22H27FN4O3. The molecule has 0 N–H and O–H groups in total. The summed E-state index contributed by atoms with van der Waals surface area (Å²) in [6.45, 7) is 3.36. The van der Waals surface area contributed by atoms with Gasteiger partial charge in [-0.25, -0.2) is 18.5 Å². The Balaban J connectivity index is 1.28. The van der Waals surface area contributed by atoms with Crippen molar-refractivity contribution in [3.8, 4) is 0 Å². The molecule has 2 aliphatic rings. The molecule has 3 heterocycles. The van der Waals surface area contributed by atoms with Crippen molar-refractivity contribution in [3.05, 3.63) is 62.4 Å². The van der Waals surface area contributed by atoms with Gasteiger partial charge in [0.05, 0.1) is 0 Å². The van der Waals surface area contributed by atoms with E-state index in [1.807, 2.05) is 0 Å². The monoisotopic (exact) mass is 414 g/mol. The van der Waals surface area contributed by atoms with Gasteiger partial charge < -0.3 is 4.90 Å². The number of hydrogen-bond donors (Lipinski definition) is 0. The average molecular weight is 414 g/mol. The zero-order valence-electron chi connectivity index (χ0n) is 17.1. The number of rotatable bonds is 6. The second kappa shape index (κ2) is 9.04. The highest BCUT2D eigenvalue weighted by atomic mass is 19.1. The molecule has 2 aliphatic heterocycles. The fourth-order valence-electron chi connectivity index (χ4n) is 4.45. The van der Waals surface area contributed by atoms with E-state index in [1.165, 1.54) is 16.7 Å². The third kappa shape index (κ3) is 4.43. The molecule has 1 aromatic heterocycles. The molecule has 1 fully saturated rings. The summed E-state index contributed by atoms with van der Waals surface area (Å²) in [6.07, 6.45) is 4.82. The van der Waals surface area contributed by atoms with Crippen LogP contribution < -0.4 is 11.4 Å². The van der Waals surface area contributed by atoms with Crippen LogP contribution >= 0.6 is 0 Å². The lowest BCUT2D eigenvalue weighted by Gasteiger charge is -2.31. The number of fused-ring (bicyclic) bond motifs is 1. The second-order valence-corrected chi connectivity index (χ2v) is 8.19. The number of carbonyl (C=O) groups excluding carboxylic acids is 1.